The first-order valence-corrected chi connectivity index (χ1v) is 6.26. The molecular formula is C12H15N3O5. The van der Waals surface area contributed by atoms with Crippen LogP contribution in [0.1, 0.15) is 23.2 Å². The number of aromatic carboxylic acids is 1. The highest BCUT2D eigenvalue weighted by atomic mass is 16.6. The van der Waals surface area contributed by atoms with Crippen molar-refractivity contribution in [2.75, 3.05) is 24.6 Å². The zero-order chi connectivity index (χ0) is 14.7. The molecule has 1 aliphatic heterocycles. The van der Waals surface area contributed by atoms with Crippen molar-refractivity contribution in [1.82, 2.24) is 4.98 Å². The van der Waals surface area contributed by atoms with E-state index in [2.05, 4.69) is 4.98 Å². The van der Waals surface area contributed by atoms with Gasteiger partial charge in [0, 0.05) is 25.8 Å². The van der Waals surface area contributed by atoms with Gasteiger partial charge in [0.15, 0.2) is 0 Å². The lowest BCUT2D eigenvalue weighted by atomic mass is 9.97. The Labute approximate surface area is 114 Å². The summed E-state index contributed by atoms with van der Waals surface area (Å²) in [5.41, 5.74) is -0.502. The molecule has 0 spiro atoms. The Morgan fingerprint density at radius 1 is 1.50 bits per heavy atom. The highest BCUT2D eigenvalue weighted by Gasteiger charge is 2.25. The van der Waals surface area contributed by atoms with Crippen molar-refractivity contribution in [2.45, 2.75) is 12.8 Å². The second-order valence-corrected chi connectivity index (χ2v) is 4.74. The van der Waals surface area contributed by atoms with Crippen LogP contribution in [0.15, 0.2) is 12.3 Å². The van der Waals surface area contributed by atoms with E-state index in [1.165, 1.54) is 0 Å². The molecule has 0 amide bonds. The topological polar surface area (TPSA) is 117 Å². The zero-order valence-corrected chi connectivity index (χ0v) is 10.7. The molecule has 1 aromatic heterocycles. The quantitative estimate of drug-likeness (QED) is 0.621. The summed E-state index contributed by atoms with van der Waals surface area (Å²) in [7, 11) is 0. The van der Waals surface area contributed by atoms with Crippen LogP contribution >= 0.6 is 0 Å². The lowest BCUT2D eigenvalue weighted by Crippen LogP contribution is -2.36. The van der Waals surface area contributed by atoms with Gasteiger partial charge < -0.3 is 15.1 Å². The minimum Gasteiger partial charge on any atom is -0.478 e. The largest absolute Gasteiger partial charge is 0.478 e. The van der Waals surface area contributed by atoms with Gasteiger partial charge in [-0.3, -0.25) is 10.1 Å². The number of rotatable bonds is 4. The Morgan fingerprint density at radius 3 is 2.65 bits per heavy atom. The predicted octanol–water partition coefficient (Wildman–Crippen LogP) is 0.897. The van der Waals surface area contributed by atoms with E-state index in [-0.39, 0.29) is 29.6 Å². The van der Waals surface area contributed by atoms with Gasteiger partial charge >= 0.3 is 5.97 Å². The maximum absolute atomic E-state index is 11.2. The van der Waals surface area contributed by atoms with Gasteiger partial charge in [-0.1, -0.05) is 0 Å². The fourth-order valence-corrected chi connectivity index (χ4v) is 2.28. The van der Waals surface area contributed by atoms with Crippen molar-refractivity contribution in [1.29, 1.82) is 0 Å². The summed E-state index contributed by atoms with van der Waals surface area (Å²) in [5.74, 6) is -0.766. The number of aromatic nitrogens is 1. The van der Waals surface area contributed by atoms with Crippen molar-refractivity contribution in [3.8, 4) is 0 Å². The van der Waals surface area contributed by atoms with Gasteiger partial charge in [-0.15, -0.1) is 0 Å². The highest BCUT2D eigenvalue weighted by molar-refractivity contribution is 5.94. The third-order valence-corrected chi connectivity index (χ3v) is 3.47. The Kier molecular flexibility index (Phi) is 4.14. The average Bonchev–Trinajstić information content (AvgIpc) is 2.46. The second-order valence-electron chi connectivity index (χ2n) is 4.74. The molecule has 0 saturated carbocycles. The minimum absolute atomic E-state index is 0.118. The van der Waals surface area contributed by atoms with Gasteiger partial charge in [-0.2, -0.15) is 0 Å². The van der Waals surface area contributed by atoms with Crippen molar-refractivity contribution < 1.29 is 19.9 Å². The number of carboxylic acid groups (broad SMARTS) is 1. The summed E-state index contributed by atoms with van der Waals surface area (Å²) in [6.07, 6.45) is 2.56. The summed E-state index contributed by atoms with van der Waals surface area (Å²) in [5, 5.41) is 28.9. The van der Waals surface area contributed by atoms with Crippen LogP contribution < -0.4 is 4.90 Å². The first kappa shape index (κ1) is 14.2. The van der Waals surface area contributed by atoms with Crippen molar-refractivity contribution in [2.24, 2.45) is 5.92 Å². The van der Waals surface area contributed by atoms with Gasteiger partial charge in [0.2, 0.25) is 0 Å². The first-order chi connectivity index (χ1) is 9.52. The lowest BCUT2D eigenvalue weighted by molar-refractivity contribution is -0.385. The molecule has 108 valence electrons. The molecule has 1 aromatic rings. The molecule has 0 bridgehead atoms. The maximum atomic E-state index is 11.2. The average molecular weight is 281 g/mol. The monoisotopic (exact) mass is 281 g/mol. The number of hydrogen-bond donors (Lipinski definition) is 2. The van der Waals surface area contributed by atoms with Gasteiger partial charge in [0.05, 0.1) is 4.92 Å². The number of aliphatic hydroxyl groups is 1. The molecule has 0 atom stereocenters. The van der Waals surface area contributed by atoms with Crippen LogP contribution in [0.25, 0.3) is 0 Å². The van der Waals surface area contributed by atoms with E-state index in [1.807, 2.05) is 0 Å². The van der Waals surface area contributed by atoms with E-state index in [4.69, 9.17) is 5.11 Å². The molecule has 20 heavy (non-hydrogen) atoms. The maximum Gasteiger partial charge on any atom is 0.339 e. The summed E-state index contributed by atoms with van der Waals surface area (Å²) in [6.45, 7) is 1.28. The molecule has 1 fully saturated rings. The number of carbonyl (C=O) groups is 1. The number of anilines is 1. The fraction of sp³-hybridized carbons (Fsp3) is 0.500. The van der Waals surface area contributed by atoms with Crippen LogP contribution in [-0.2, 0) is 0 Å². The molecule has 1 aliphatic rings. The molecule has 2 heterocycles. The van der Waals surface area contributed by atoms with Gasteiger partial charge in [0.1, 0.15) is 17.6 Å². The predicted molar refractivity (Wildman–Crippen MR) is 69.9 cm³/mol. The summed E-state index contributed by atoms with van der Waals surface area (Å²) in [6, 6.07) is 1.03. The molecule has 0 aliphatic carbocycles. The van der Waals surface area contributed by atoms with Crippen LogP contribution in [0.3, 0.4) is 0 Å². The fourth-order valence-electron chi connectivity index (χ4n) is 2.28. The Hall–Kier alpha value is -2.22. The molecular weight excluding hydrogens is 266 g/mol. The molecule has 8 heteroatoms. The SMILES string of the molecule is O=C(O)c1cc([N+](=O)[O-])cnc1N1CCC(CO)CC1. The third kappa shape index (κ3) is 2.85. The standard InChI is InChI=1S/C12H15N3O5/c16-7-8-1-3-14(4-2-8)11-10(12(17)18)5-9(6-13-11)15(19)20/h5-6,8,16H,1-4,7H2,(H,17,18). The Morgan fingerprint density at radius 2 is 2.15 bits per heavy atom. The number of piperidine rings is 1. The number of nitro groups is 1. The Balaban J connectivity index is 2.27. The van der Waals surface area contributed by atoms with E-state index >= 15 is 0 Å². The molecule has 2 rings (SSSR count). The van der Waals surface area contributed by atoms with Crippen molar-refractivity contribution in [3.05, 3.63) is 27.9 Å². The molecule has 0 aromatic carbocycles. The number of nitrogens with zero attached hydrogens (tertiary/aromatic N) is 3. The number of aliphatic hydroxyl groups excluding tert-OH is 1. The van der Waals surface area contributed by atoms with Crippen molar-refractivity contribution >= 4 is 17.5 Å². The van der Waals surface area contributed by atoms with Crippen LogP contribution in [0.4, 0.5) is 11.5 Å². The number of pyridine rings is 1. The van der Waals surface area contributed by atoms with Gasteiger partial charge in [-0.25, -0.2) is 9.78 Å². The van der Waals surface area contributed by atoms with Crippen LogP contribution in [0, 0.1) is 16.0 Å². The summed E-state index contributed by atoms with van der Waals surface area (Å²) in [4.78, 5) is 27.0. The second kappa shape index (κ2) is 5.83. The lowest BCUT2D eigenvalue weighted by Gasteiger charge is -2.32. The van der Waals surface area contributed by atoms with E-state index in [1.54, 1.807) is 4.90 Å². The number of hydrogen-bond acceptors (Lipinski definition) is 6. The molecule has 1 saturated heterocycles. The number of carboxylic acids is 1. The van der Waals surface area contributed by atoms with Gasteiger partial charge in [-0.05, 0) is 18.8 Å². The zero-order valence-electron chi connectivity index (χ0n) is 10.7. The highest BCUT2D eigenvalue weighted by Crippen LogP contribution is 2.26. The molecule has 8 nitrogen and oxygen atoms in total. The summed E-state index contributed by atoms with van der Waals surface area (Å²) < 4.78 is 0. The van der Waals surface area contributed by atoms with E-state index in [0.717, 1.165) is 25.1 Å². The van der Waals surface area contributed by atoms with E-state index in [9.17, 15) is 20.0 Å². The van der Waals surface area contributed by atoms with Gasteiger partial charge in [0.25, 0.3) is 5.69 Å². The molecule has 0 unspecified atom stereocenters. The molecule has 0 radical (unpaired) electrons. The van der Waals surface area contributed by atoms with Crippen LogP contribution in [0.2, 0.25) is 0 Å². The normalized spacial score (nSPS) is 16.1. The van der Waals surface area contributed by atoms with Crippen LogP contribution in [-0.4, -0.2) is 45.8 Å². The van der Waals surface area contributed by atoms with Crippen LogP contribution in [0.5, 0.6) is 0 Å². The minimum atomic E-state index is -1.24. The molecule has 2 N–H and O–H groups in total. The Bertz CT molecular complexity index is 526. The third-order valence-electron chi connectivity index (χ3n) is 3.47. The summed E-state index contributed by atoms with van der Waals surface area (Å²) >= 11 is 0. The smallest absolute Gasteiger partial charge is 0.339 e. The first-order valence-electron chi connectivity index (χ1n) is 6.26. The van der Waals surface area contributed by atoms with E-state index < -0.39 is 10.9 Å². The van der Waals surface area contributed by atoms with E-state index in [0.29, 0.717) is 13.1 Å². The van der Waals surface area contributed by atoms with Crippen molar-refractivity contribution in [3.63, 3.8) is 0 Å².